The minimum absolute atomic E-state index is 0.198. The second-order valence-electron chi connectivity index (χ2n) is 4.64. The molecular formula is C13H14N4O2S. The van der Waals surface area contributed by atoms with Gasteiger partial charge < -0.3 is 9.67 Å². The first-order valence-corrected chi connectivity index (χ1v) is 7.34. The van der Waals surface area contributed by atoms with Crippen molar-refractivity contribution < 1.29 is 9.90 Å². The Bertz CT molecular complexity index is 641. The van der Waals surface area contributed by atoms with Crippen molar-refractivity contribution in [3.05, 3.63) is 29.8 Å². The second kappa shape index (κ2) is 5.62. The molecule has 2 aromatic heterocycles. The number of aromatic nitrogens is 4. The van der Waals surface area contributed by atoms with E-state index in [0.29, 0.717) is 4.90 Å². The van der Waals surface area contributed by atoms with Crippen LogP contribution >= 0.6 is 11.8 Å². The van der Waals surface area contributed by atoms with Crippen LogP contribution in [0.2, 0.25) is 0 Å². The summed E-state index contributed by atoms with van der Waals surface area (Å²) in [5, 5.41) is 18.4. The van der Waals surface area contributed by atoms with Crippen LogP contribution in [-0.2, 0) is 13.0 Å². The molecule has 104 valence electrons. The van der Waals surface area contributed by atoms with Gasteiger partial charge in [0, 0.05) is 30.3 Å². The number of carbonyl (C=O) groups is 1. The molecule has 0 fully saturated rings. The summed E-state index contributed by atoms with van der Waals surface area (Å²) in [7, 11) is 0. The predicted octanol–water partition coefficient (Wildman–Crippen LogP) is 2.25. The third kappa shape index (κ3) is 2.53. The molecule has 0 bridgehead atoms. The standard InChI is InChI=1S/C13H14N4O2S/c18-12(19)9-8-14-6-5-10(9)20-13-16-15-11-4-2-1-3-7-17(11)13/h5-6,8H,1-4,7H2,(H,18,19). The van der Waals surface area contributed by atoms with Crippen molar-refractivity contribution in [2.45, 2.75) is 42.3 Å². The van der Waals surface area contributed by atoms with Crippen molar-refractivity contribution >= 4 is 17.7 Å². The van der Waals surface area contributed by atoms with Gasteiger partial charge in [-0.25, -0.2) is 4.79 Å². The Morgan fingerprint density at radius 3 is 3.05 bits per heavy atom. The molecule has 3 heterocycles. The smallest absolute Gasteiger partial charge is 0.338 e. The zero-order valence-corrected chi connectivity index (χ0v) is 11.6. The highest BCUT2D eigenvalue weighted by Gasteiger charge is 2.18. The number of pyridine rings is 1. The summed E-state index contributed by atoms with van der Waals surface area (Å²) in [5.74, 6) is 0.0205. The van der Waals surface area contributed by atoms with E-state index in [0.717, 1.165) is 36.8 Å². The van der Waals surface area contributed by atoms with E-state index in [1.54, 1.807) is 12.3 Å². The summed E-state index contributed by atoms with van der Waals surface area (Å²) in [6.45, 7) is 0.901. The Labute approximate surface area is 120 Å². The quantitative estimate of drug-likeness (QED) is 0.933. The van der Waals surface area contributed by atoms with Gasteiger partial charge in [0.2, 0.25) is 0 Å². The molecule has 0 saturated heterocycles. The number of hydrogen-bond acceptors (Lipinski definition) is 5. The number of aryl methyl sites for hydroxylation is 1. The molecule has 7 heteroatoms. The topological polar surface area (TPSA) is 80.9 Å². The summed E-state index contributed by atoms with van der Waals surface area (Å²) >= 11 is 1.34. The third-order valence-electron chi connectivity index (χ3n) is 3.29. The molecule has 0 spiro atoms. The molecule has 0 aliphatic carbocycles. The molecular weight excluding hydrogens is 276 g/mol. The molecule has 0 unspecified atom stereocenters. The predicted molar refractivity (Wildman–Crippen MR) is 72.9 cm³/mol. The van der Waals surface area contributed by atoms with E-state index < -0.39 is 5.97 Å². The maximum atomic E-state index is 11.2. The zero-order valence-electron chi connectivity index (χ0n) is 10.8. The zero-order chi connectivity index (χ0) is 13.9. The first-order valence-electron chi connectivity index (χ1n) is 6.53. The lowest BCUT2D eigenvalue weighted by Gasteiger charge is -2.07. The van der Waals surface area contributed by atoms with Crippen molar-refractivity contribution in [1.82, 2.24) is 19.7 Å². The number of fused-ring (bicyclic) bond motifs is 1. The highest BCUT2D eigenvalue weighted by molar-refractivity contribution is 7.99. The van der Waals surface area contributed by atoms with Gasteiger partial charge in [-0.1, -0.05) is 6.42 Å². The summed E-state index contributed by atoms with van der Waals surface area (Å²) in [5.41, 5.74) is 0.198. The Morgan fingerprint density at radius 2 is 2.20 bits per heavy atom. The molecule has 1 N–H and O–H groups in total. The molecule has 0 radical (unpaired) electrons. The molecule has 0 amide bonds. The summed E-state index contributed by atoms with van der Waals surface area (Å²) in [6, 6.07) is 1.70. The highest BCUT2D eigenvalue weighted by Crippen LogP contribution is 2.30. The van der Waals surface area contributed by atoms with Crippen LogP contribution in [-0.4, -0.2) is 30.8 Å². The van der Waals surface area contributed by atoms with Crippen LogP contribution in [0.4, 0.5) is 0 Å². The van der Waals surface area contributed by atoms with Crippen molar-refractivity contribution in [3.8, 4) is 0 Å². The van der Waals surface area contributed by atoms with Gasteiger partial charge in [-0.05, 0) is 30.7 Å². The summed E-state index contributed by atoms with van der Waals surface area (Å²) in [6.07, 6.45) is 7.34. The number of carboxylic acid groups (broad SMARTS) is 1. The van der Waals surface area contributed by atoms with E-state index in [2.05, 4.69) is 19.7 Å². The van der Waals surface area contributed by atoms with Crippen molar-refractivity contribution in [2.24, 2.45) is 0 Å². The minimum atomic E-state index is -0.976. The maximum Gasteiger partial charge on any atom is 0.338 e. The van der Waals surface area contributed by atoms with Gasteiger partial charge in [-0.15, -0.1) is 10.2 Å². The second-order valence-corrected chi connectivity index (χ2v) is 5.65. The molecule has 1 aliphatic rings. The van der Waals surface area contributed by atoms with Crippen LogP contribution in [0.5, 0.6) is 0 Å². The Balaban J connectivity index is 1.92. The fraction of sp³-hybridized carbons (Fsp3) is 0.385. The van der Waals surface area contributed by atoms with Crippen LogP contribution in [0, 0.1) is 0 Å². The normalized spacial score (nSPS) is 14.6. The van der Waals surface area contributed by atoms with E-state index in [1.165, 1.54) is 24.4 Å². The molecule has 0 aromatic carbocycles. The molecule has 0 saturated carbocycles. The van der Waals surface area contributed by atoms with Gasteiger partial charge in [0.25, 0.3) is 0 Å². The molecule has 0 atom stereocenters. The summed E-state index contributed by atoms with van der Waals surface area (Å²) < 4.78 is 2.10. The van der Waals surface area contributed by atoms with Gasteiger partial charge in [-0.3, -0.25) is 4.98 Å². The average Bonchev–Trinajstić information content (AvgIpc) is 2.68. The average molecular weight is 290 g/mol. The number of carboxylic acids is 1. The van der Waals surface area contributed by atoms with Gasteiger partial charge in [0.15, 0.2) is 5.16 Å². The number of rotatable bonds is 3. The van der Waals surface area contributed by atoms with Crippen LogP contribution in [0.3, 0.4) is 0 Å². The minimum Gasteiger partial charge on any atom is -0.478 e. The number of aromatic carboxylic acids is 1. The van der Waals surface area contributed by atoms with Crippen LogP contribution in [0.25, 0.3) is 0 Å². The first kappa shape index (κ1) is 13.1. The maximum absolute atomic E-state index is 11.2. The van der Waals surface area contributed by atoms with Crippen LogP contribution < -0.4 is 0 Å². The van der Waals surface area contributed by atoms with Gasteiger partial charge in [0.05, 0.1) is 5.56 Å². The monoisotopic (exact) mass is 290 g/mol. The lowest BCUT2D eigenvalue weighted by Crippen LogP contribution is -2.03. The van der Waals surface area contributed by atoms with Crippen LogP contribution in [0.15, 0.2) is 28.5 Å². The Morgan fingerprint density at radius 1 is 1.30 bits per heavy atom. The van der Waals surface area contributed by atoms with Crippen molar-refractivity contribution in [2.75, 3.05) is 0 Å². The number of hydrogen-bond donors (Lipinski definition) is 1. The van der Waals surface area contributed by atoms with Gasteiger partial charge in [0.1, 0.15) is 5.82 Å². The van der Waals surface area contributed by atoms with E-state index in [-0.39, 0.29) is 5.56 Å². The van der Waals surface area contributed by atoms with E-state index in [1.807, 2.05) is 0 Å². The Kier molecular flexibility index (Phi) is 3.68. The van der Waals surface area contributed by atoms with Gasteiger partial charge >= 0.3 is 5.97 Å². The SMILES string of the molecule is O=C(O)c1cnccc1Sc1nnc2n1CCCCC2. The fourth-order valence-corrected chi connectivity index (χ4v) is 3.23. The van der Waals surface area contributed by atoms with Crippen molar-refractivity contribution in [3.63, 3.8) is 0 Å². The van der Waals surface area contributed by atoms with E-state index in [4.69, 9.17) is 0 Å². The van der Waals surface area contributed by atoms with Crippen molar-refractivity contribution in [1.29, 1.82) is 0 Å². The first-order chi connectivity index (χ1) is 9.75. The molecule has 3 rings (SSSR count). The van der Waals surface area contributed by atoms with E-state index >= 15 is 0 Å². The summed E-state index contributed by atoms with van der Waals surface area (Å²) in [4.78, 5) is 15.7. The molecule has 2 aromatic rings. The number of nitrogens with zero attached hydrogens (tertiary/aromatic N) is 4. The van der Waals surface area contributed by atoms with Crippen LogP contribution in [0.1, 0.15) is 35.4 Å². The fourth-order valence-electron chi connectivity index (χ4n) is 2.26. The van der Waals surface area contributed by atoms with E-state index in [9.17, 15) is 9.90 Å². The molecule has 6 nitrogen and oxygen atoms in total. The highest BCUT2D eigenvalue weighted by atomic mass is 32.2. The third-order valence-corrected chi connectivity index (χ3v) is 4.35. The largest absolute Gasteiger partial charge is 0.478 e. The molecule has 20 heavy (non-hydrogen) atoms. The lowest BCUT2D eigenvalue weighted by molar-refractivity contribution is 0.0692. The lowest BCUT2D eigenvalue weighted by atomic mass is 10.2. The van der Waals surface area contributed by atoms with Gasteiger partial charge in [-0.2, -0.15) is 0 Å². The molecule has 1 aliphatic heterocycles. The Hall–Kier alpha value is -1.89.